The van der Waals surface area contributed by atoms with Gasteiger partial charge >= 0.3 is 0 Å². The Morgan fingerprint density at radius 2 is 2.50 bits per heavy atom. The predicted molar refractivity (Wildman–Crippen MR) is 28.7 cm³/mol. The quantitative estimate of drug-likeness (QED) is 0.396. The zero-order valence-corrected chi connectivity index (χ0v) is 4.66. The molecule has 0 rings (SSSR count). The van der Waals surface area contributed by atoms with Crippen molar-refractivity contribution in [2.45, 2.75) is 6.42 Å². The van der Waals surface area contributed by atoms with Gasteiger partial charge in [0.2, 0.25) is 0 Å². The van der Waals surface area contributed by atoms with Gasteiger partial charge < -0.3 is 0 Å². The van der Waals surface area contributed by atoms with Crippen LogP contribution < -0.4 is 0 Å². The molecule has 0 saturated heterocycles. The summed E-state index contributed by atoms with van der Waals surface area (Å²) in [6.07, 6.45) is 0.349. The molecule has 0 saturated carbocycles. The molecule has 0 aromatic heterocycles. The van der Waals surface area contributed by atoms with Gasteiger partial charge in [0.15, 0.2) is 0 Å². The number of hydrogen-bond acceptors (Lipinski definition) is 3. The number of hydrogen-bond donors (Lipinski definition) is 0. The fourth-order valence-corrected chi connectivity index (χ4v) is 0.253. The van der Waals surface area contributed by atoms with Crippen molar-refractivity contribution in [1.29, 1.82) is 5.26 Å². The van der Waals surface area contributed by atoms with Crippen molar-refractivity contribution >= 4 is 0 Å². The Hall–Kier alpha value is -1.11. The van der Waals surface area contributed by atoms with Gasteiger partial charge in [-0.05, 0) is 0 Å². The molecule has 4 heteroatoms. The lowest BCUT2D eigenvalue weighted by atomic mass is 10.5. The highest BCUT2D eigenvalue weighted by molar-refractivity contribution is 4.69. The number of rotatable bonds is 3. The van der Waals surface area contributed by atoms with E-state index in [0.717, 1.165) is 0 Å². The van der Waals surface area contributed by atoms with Crippen LogP contribution in [0.15, 0.2) is 5.29 Å². The third-order valence-electron chi connectivity index (χ3n) is 0.687. The largest absolute Gasteiger partial charge is 0.263 e. The van der Waals surface area contributed by atoms with Crippen molar-refractivity contribution in [1.82, 2.24) is 5.01 Å². The van der Waals surface area contributed by atoms with E-state index in [-0.39, 0.29) is 0 Å². The molecule has 0 radical (unpaired) electrons. The molecule has 0 aromatic carbocycles. The first-order chi connectivity index (χ1) is 3.81. The van der Waals surface area contributed by atoms with Crippen molar-refractivity contribution in [3.63, 3.8) is 0 Å². The van der Waals surface area contributed by atoms with Gasteiger partial charge in [0, 0.05) is 7.05 Å². The molecule has 0 heterocycles. The monoisotopic (exact) mass is 113 g/mol. The van der Waals surface area contributed by atoms with Crippen LogP contribution in [0.2, 0.25) is 0 Å². The Bertz CT molecular complexity index is 106. The second-order valence-corrected chi connectivity index (χ2v) is 1.37. The van der Waals surface area contributed by atoms with Gasteiger partial charge in [0.05, 0.1) is 24.3 Å². The molecule has 0 bridgehead atoms. The maximum Gasteiger partial charge on any atom is 0.0641 e. The van der Waals surface area contributed by atoms with E-state index < -0.39 is 0 Å². The van der Waals surface area contributed by atoms with Gasteiger partial charge in [-0.1, -0.05) is 0 Å². The van der Waals surface area contributed by atoms with Gasteiger partial charge in [-0.3, -0.25) is 5.01 Å². The normalized spacial score (nSPS) is 7.50. The highest BCUT2D eigenvalue weighted by Crippen LogP contribution is 1.83. The van der Waals surface area contributed by atoms with Crippen LogP contribution in [0, 0.1) is 16.2 Å². The van der Waals surface area contributed by atoms with Crippen LogP contribution in [0.4, 0.5) is 0 Å². The summed E-state index contributed by atoms with van der Waals surface area (Å²) in [4.78, 5) is 9.58. The Morgan fingerprint density at radius 3 is 2.88 bits per heavy atom. The van der Waals surface area contributed by atoms with E-state index in [1.165, 1.54) is 12.1 Å². The average Bonchev–Trinajstić information content (AvgIpc) is 1.83. The lowest BCUT2D eigenvalue weighted by molar-refractivity contribution is 0.358. The molecule has 0 unspecified atom stereocenters. The van der Waals surface area contributed by atoms with Crippen LogP contribution in [-0.2, 0) is 0 Å². The van der Waals surface area contributed by atoms with E-state index in [4.69, 9.17) is 5.26 Å². The van der Waals surface area contributed by atoms with Crippen molar-refractivity contribution in [2.75, 3.05) is 13.6 Å². The van der Waals surface area contributed by atoms with E-state index in [0.29, 0.717) is 13.0 Å². The van der Waals surface area contributed by atoms with Gasteiger partial charge in [0.1, 0.15) is 0 Å². The first-order valence-electron chi connectivity index (χ1n) is 2.22. The highest BCUT2D eigenvalue weighted by atomic mass is 16.3. The Balaban J connectivity index is 3.13. The van der Waals surface area contributed by atoms with Gasteiger partial charge in [-0.25, -0.2) is 0 Å². The minimum absolute atomic E-state index is 0.349. The summed E-state index contributed by atoms with van der Waals surface area (Å²) in [6.45, 7) is 0.417. The molecule has 44 valence electrons. The molecule has 0 aliphatic rings. The first kappa shape index (κ1) is 6.89. The lowest BCUT2D eigenvalue weighted by Crippen LogP contribution is -2.10. The molecule has 0 fully saturated rings. The van der Waals surface area contributed by atoms with Gasteiger partial charge in [-0.15, -0.1) is 4.91 Å². The summed E-state index contributed by atoms with van der Waals surface area (Å²) in [7, 11) is 1.53. The van der Waals surface area contributed by atoms with Crippen LogP contribution in [0.3, 0.4) is 0 Å². The van der Waals surface area contributed by atoms with Gasteiger partial charge in [0.25, 0.3) is 0 Å². The second-order valence-electron chi connectivity index (χ2n) is 1.37. The summed E-state index contributed by atoms with van der Waals surface area (Å²) in [5, 5.41) is 11.7. The maximum absolute atomic E-state index is 9.58. The number of nitriles is 1. The van der Waals surface area contributed by atoms with Crippen molar-refractivity contribution < 1.29 is 0 Å². The SMILES string of the molecule is CN(CCC#N)N=O. The van der Waals surface area contributed by atoms with Crippen molar-refractivity contribution in [3.8, 4) is 6.07 Å². The molecule has 4 nitrogen and oxygen atoms in total. The van der Waals surface area contributed by atoms with E-state index in [2.05, 4.69) is 5.29 Å². The minimum Gasteiger partial charge on any atom is -0.263 e. The summed E-state index contributed by atoms with van der Waals surface area (Å²) in [6, 6.07) is 1.89. The highest BCUT2D eigenvalue weighted by Gasteiger charge is 1.89. The zero-order chi connectivity index (χ0) is 6.41. The molecule has 0 amide bonds. The summed E-state index contributed by atoms with van der Waals surface area (Å²) in [5.41, 5.74) is 0. The van der Waals surface area contributed by atoms with Crippen LogP contribution >= 0.6 is 0 Å². The van der Waals surface area contributed by atoms with Crippen molar-refractivity contribution in [3.05, 3.63) is 4.91 Å². The standard InChI is InChI=1S/C4H7N3O/c1-7(6-8)4-2-3-5/h2,4H2,1H3. The Labute approximate surface area is 47.7 Å². The predicted octanol–water partition coefficient (Wildman–Crippen LogP) is 0.513. The maximum atomic E-state index is 9.58. The molecule has 0 aromatic rings. The molecule has 0 spiro atoms. The molecule has 0 atom stereocenters. The fraction of sp³-hybridized carbons (Fsp3) is 0.750. The summed E-state index contributed by atoms with van der Waals surface area (Å²) in [5.74, 6) is 0. The third kappa shape index (κ3) is 3.09. The minimum atomic E-state index is 0.349. The van der Waals surface area contributed by atoms with E-state index in [9.17, 15) is 4.91 Å². The molecule has 0 aliphatic heterocycles. The molecular formula is C4H7N3O. The molecule has 0 aliphatic carbocycles. The van der Waals surface area contributed by atoms with Crippen LogP contribution in [0.25, 0.3) is 0 Å². The second kappa shape index (κ2) is 4.06. The summed E-state index contributed by atoms with van der Waals surface area (Å²) < 4.78 is 0. The fourth-order valence-electron chi connectivity index (χ4n) is 0.253. The first-order valence-corrected chi connectivity index (χ1v) is 2.22. The Morgan fingerprint density at radius 1 is 1.88 bits per heavy atom. The van der Waals surface area contributed by atoms with Crippen LogP contribution in [0.1, 0.15) is 6.42 Å². The zero-order valence-electron chi connectivity index (χ0n) is 4.66. The molecular weight excluding hydrogens is 106 g/mol. The average molecular weight is 113 g/mol. The summed E-state index contributed by atoms with van der Waals surface area (Å²) >= 11 is 0. The van der Waals surface area contributed by atoms with Crippen LogP contribution in [0.5, 0.6) is 0 Å². The lowest BCUT2D eigenvalue weighted by Gasteiger charge is -2.01. The topological polar surface area (TPSA) is 56.5 Å². The van der Waals surface area contributed by atoms with Crippen molar-refractivity contribution in [2.24, 2.45) is 5.29 Å². The molecule has 8 heavy (non-hydrogen) atoms. The number of nitroso groups, excluding NO2 is 1. The smallest absolute Gasteiger partial charge is 0.0641 e. The number of nitrogens with zero attached hydrogens (tertiary/aromatic N) is 3. The van der Waals surface area contributed by atoms with Gasteiger partial charge in [-0.2, -0.15) is 5.26 Å². The van der Waals surface area contributed by atoms with E-state index in [1.54, 1.807) is 0 Å². The van der Waals surface area contributed by atoms with E-state index >= 15 is 0 Å². The third-order valence-corrected chi connectivity index (χ3v) is 0.687. The van der Waals surface area contributed by atoms with Crippen LogP contribution in [-0.4, -0.2) is 18.6 Å². The van der Waals surface area contributed by atoms with E-state index in [1.807, 2.05) is 6.07 Å². The Kier molecular flexibility index (Phi) is 3.50. The molecule has 0 N–H and O–H groups in total.